The molecule has 0 aromatic carbocycles. The van der Waals surface area contributed by atoms with Crippen molar-refractivity contribution in [2.24, 2.45) is 0 Å². The van der Waals surface area contributed by atoms with E-state index < -0.39 is 21.2 Å². The van der Waals surface area contributed by atoms with Gasteiger partial charge in [-0.2, -0.15) is 0 Å². The number of hydrogen-bond donors (Lipinski definition) is 1. The molecule has 0 amide bonds. The Bertz CT molecular complexity index is 425. The first kappa shape index (κ1) is 11.1. The summed E-state index contributed by atoms with van der Waals surface area (Å²) in [5, 5.41) is 32.8. The molecular weight excluding hydrogens is 230 g/mol. The van der Waals surface area contributed by atoms with Gasteiger partial charge in [0.1, 0.15) is 0 Å². The summed E-state index contributed by atoms with van der Waals surface area (Å²) >= 11 is 0. The quantitative estimate of drug-likeness (QED) is 0.258. The van der Waals surface area contributed by atoms with Gasteiger partial charge in [0.05, 0.1) is 5.03 Å². The lowest BCUT2D eigenvalue weighted by Gasteiger charge is -2.02. The first-order valence-corrected chi connectivity index (χ1v) is 3.45. The van der Waals surface area contributed by atoms with Gasteiger partial charge in [-0.1, -0.05) is 4.68 Å². The maximum absolute atomic E-state index is 10.3. The van der Waals surface area contributed by atoms with E-state index in [0.29, 0.717) is 11.0 Å². The molecule has 0 bridgehead atoms. The van der Waals surface area contributed by atoms with E-state index in [0.717, 1.165) is 6.33 Å². The molecule has 0 saturated heterocycles. The molecule has 0 aliphatic rings. The Morgan fingerprint density at radius 3 is 2.25 bits per heavy atom. The maximum atomic E-state index is 10.3. The number of nitro groups is 3. The molecule has 1 N–H and O–H groups in total. The molecule has 13 nitrogen and oxygen atoms in total. The molecule has 1 aromatic rings. The lowest BCUT2D eigenvalue weighted by atomic mass is 10.9. The van der Waals surface area contributed by atoms with Crippen molar-refractivity contribution in [3.8, 4) is 0 Å². The topological polar surface area (TPSA) is 163 Å². The van der Waals surface area contributed by atoms with Crippen molar-refractivity contribution < 1.29 is 19.6 Å². The molecule has 16 heavy (non-hydrogen) atoms. The van der Waals surface area contributed by atoms with E-state index in [-0.39, 0.29) is 4.68 Å². The highest BCUT2D eigenvalue weighted by Gasteiger charge is 2.34. The first-order valence-electron chi connectivity index (χ1n) is 3.45. The number of aromatic nitrogens is 3. The average molecular weight is 233 g/mol. The zero-order chi connectivity index (χ0) is 12.3. The molecular formula is C3H3N7O6. The fourth-order valence-electron chi connectivity index (χ4n) is 0.772. The maximum Gasteiger partial charge on any atom is 0.558 e. The Hall–Kier alpha value is -2.99. The molecule has 0 aliphatic heterocycles. The molecule has 86 valence electrons. The fourth-order valence-corrected chi connectivity index (χ4v) is 0.772. The van der Waals surface area contributed by atoms with Crippen LogP contribution in [0.15, 0.2) is 12.7 Å². The molecule has 0 spiro atoms. The van der Waals surface area contributed by atoms with Crippen LogP contribution in [0.2, 0.25) is 0 Å². The Morgan fingerprint density at radius 1 is 1.25 bits per heavy atom. The van der Waals surface area contributed by atoms with Gasteiger partial charge in [0, 0.05) is 9.85 Å². The van der Waals surface area contributed by atoms with E-state index in [9.17, 15) is 30.3 Å². The summed E-state index contributed by atoms with van der Waals surface area (Å²) < 4.78 is 0.878. The van der Waals surface area contributed by atoms with Gasteiger partial charge < -0.3 is 30.3 Å². The second kappa shape index (κ2) is 4.03. The van der Waals surface area contributed by atoms with Gasteiger partial charge in [-0.05, 0) is 10.6 Å². The number of hydrogen-bond acceptors (Lipinski definition) is 7. The number of rotatable bonds is 5. The van der Waals surface area contributed by atoms with E-state index >= 15 is 0 Å². The zero-order valence-electron chi connectivity index (χ0n) is 7.29. The van der Waals surface area contributed by atoms with Gasteiger partial charge in [0.15, 0.2) is 0 Å². The van der Waals surface area contributed by atoms with Gasteiger partial charge in [-0.15, -0.1) is 4.68 Å². The largest absolute Gasteiger partial charge is 0.558 e. The van der Waals surface area contributed by atoms with Crippen LogP contribution in [0.5, 0.6) is 0 Å². The van der Waals surface area contributed by atoms with Crippen molar-refractivity contribution >= 4 is 0 Å². The van der Waals surface area contributed by atoms with Crippen LogP contribution in [-0.4, -0.2) is 24.7 Å². The Kier molecular flexibility index (Phi) is 2.79. The third-order valence-corrected chi connectivity index (χ3v) is 1.26. The summed E-state index contributed by atoms with van der Waals surface area (Å²) in [5.74, 6) is 0. The van der Waals surface area contributed by atoms with Gasteiger partial charge in [-0.25, -0.2) is 0 Å². The van der Waals surface area contributed by atoms with Crippen LogP contribution in [0.3, 0.4) is 0 Å². The Balaban J connectivity index is 2.94. The molecule has 0 atom stereocenters. The van der Waals surface area contributed by atoms with Crippen molar-refractivity contribution in [2.75, 3.05) is 5.53 Å². The second-order valence-electron chi connectivity index (χ2n) is 2.27. The standard InChI is InChI=1S/C3H3N7O6/c11-8(12)3(9(13)14)7-2-6(1-4-7)5-10(15)16/h1-2,5H. The predicted octanol–water partition coefficient (Wildman–Crippen LogP) is -2.25. The summed E-state index contributed by atoms with van der Waals surface area (Å²) in [6, 6.07) is 0. The van der Waals surface area contributed by atoms with Crippen LogP contribution in [0.25, 0.3) is 0 Å². The van der Waals surface area contributed by atoms with E-state index in [1.54, 1.807) is 5.53 Å². The second-order valence-corrected chi connectivity index (χ2v) is 2.27. The molecule has 13 heteroatoms. The molecule has 1 rings (SSSR count). The van der Waals surface area contributed by atoms with Crippen LogP contribution in [-0.2, 0) is 0 Å². The van der Waals surface area contributed by atoms with E-state index in [4.69, 9.17) is 0 Å². The number of hydrazine groups is 1. The molecule has 0 unspecified atom stereocenters. The summed E-state index contributed by atoms with van der Waals surface area (Å²) in [5.41, 5.74) is 1.55. The summed E-state index contributed by atoms with van der Waals surface area (Å²) in [7, 11) is 0. The minimum atomic E-state index is -1.44. The number of nitrogens with one attached hydrogen (secondary N) is 1. The van der Waals surface area contributed by atoms with Crippen molar-refractivity contribution in [1.82, 2.24) is 9.77 Å². The highest BCUT2D eigenvalue weighted by Crippen LogP contribution is 1.94. The minimum absolute atomic E-state index is 0.274. The summed E-state index contributed by atoms with van der Waals surface area (Å²) in [4.78, 5) is 28.0. The normalized spacial score (nSPS) is 9.50. The third-order valence-electron chi connectivity index (χ3n) is 1.26. The zero-order valence-corrected chi connectivity index (χ0v) is 7.29. The van der Waals surface area contributed by atoms with Crippen LogP contribution < -0.4 is 10.2 Å². The van der Waals surface area contributed by atoms with Gasteiger partial charge in [0.2, 0.25) is 0 Å². The molecule has 1 aromatic heterocycles. The Morgan fingerprint density at radius 2 is 1.81 bits per heavy atom. The van der Waals surface area contributed by atoms with Crippen molar-refractivity contribution in [3.05, 3.63) is 49.3 Å². The smallest absolute Gasteiger partial charge is 0.339 e. The predicted molar refractivity (Wildman–Crippen MR) is 41.4 cm³/mol. The van der Waals surface area contributed by atoms with Crippen molar-refractivity contribution in [1.29, 1.82) is 0 Å². The third kappa shape index (κ3) is 2.28. The molecule has 1 heterocycles. The SMILES string of the molecule is O=[N+]([O-])Nn1cn[n+]([C-]([N+](=O)[O-])[N+](=O)[O-])c1. The summed E-state index contributed by atoms with van der Waals surface area (Å²) in [6.07, 6.45) is -0.0107. The van der Waals surface area contributed by atoms with Crippen LogP contribution >= 0.6 is 0 Å². The molecule has 0 radical (unpaired) electrons. The van der Waals surface area contributed by atoms with Crippen molar-refractivity contribution in [2.45, 2.75) is 0 Å². The van der Waals surface area contributed by atoms with Crippen LogP contribution in [0.4, 0.5) is 0 Å². The highest BCUT2D eigenvalue weighted by molar-refractivity contribution is 4.57. The van der Waals surface area contributed by atoms with Gasteiger partial charge in [0.25, 0.3) is 12.7 Å². The number of nitrogens with zero attached hydrogens (tertiary/aromatic N) is 6. The molecule has 0 saturated carbocycles. The average Bonchev–Trinajstić information content (AvgIpc) is 2.50. The Labute approximate surface area is 85.3 Å². The highest BCUT2D eigenvalue weighted by atomic mass is 16.7. The van der Waals surface area contributed by atoms with E-state index in [1.165, 1.54) is 0 Å². The van der Waals surface area contributed by atoms with Crippen molar-refractivity contribution in [3.63, 3.8) is 0 Å². The first-order chi connectivity index (χ1) is 7.41. The summed E-state index contributed by atoms with van der Waals surface area (Å²) in [6.45, 7) is 0. The van der Waals surface area contributed by atoms with Gasteiger partial charge >= 0.3 is 6.29 Å². The molecule has 0 aliphatic carbocycles. The lowest BCUT2D eigenvalue weighted by Crippen LogP contribution is -2.50. The minimum Gasteiger partial charge on any atom is -0.339 e. The van der Waals surface area contributed by atoms with Gasteiger partial charge in [-0.3, -0.25) is 0 Å². The van der Waals surface area contributed by atoms with Crippen LogP contribution in [0, 0.1) is 36.6 Å². The van der Waals surface area contributed by atoms with Crippen LogP contribution in [0.1, 0.15) is 0 Å². The molecule has 0 fully saturated rings. The van der Waals surface area contributed by atoms with E-state index in [1.807, 2.05) is 0 Å². The van der Waals surface area contributed by atoms with E-state index in [2.05, 4.69) is 5.10 Å². The lowest BCUT2D eigenvalue weighted by molar-refractivity contribution is -0.934. The fraction of sp³-hybridized carbons (Fsp3) is 0. The monoisotopic (exact) mass is 233 g/mol.